The Balaban J connectivity index is 1.66. The van der Waals surface area contributed by atoms with Crippen molar-refractivity contribution in [3.8, 4) is 0 Å². The van der Waals surface area contributed by atoms with Crippen LogP contribution in [0.3, 0.4) is 0 Å². The third-order valence-electron chi connectivity index (χ3n) is 8.85. The Kier molecular flexibility index (Phi) is 6.88. The molecule has 1 aromatic carbocycles. The molecular weight excluding hydrogens is 448 g/mol. The summed E-state index contributed by atoms with van der Waals surface area (Å²) < 4.78 is 17.8. The van der Waals surface area contributed by atoms with E-state index >= 15 is 0 Å². The van der Waals surface area contributed by atoms with Crippen LogP contribution in [0, 0.1) is 17.8 Å². The molecule has 7 nitrogen and oxygen atoms in total. The standard InChI is InChI=1S/C26H40N2O5Si/c1-25(2,3)34(5,6)33-17-26-21-12-13-27-22(26)20(23(29)31-4)14-19(21)15-28(26)24(30)32-16-18-10-8-7-9-11-18/h7-11,19-22,27H,12-17H2,1-6H3. The van der Waals surface area contributed by atoms with E-state index in [2.05, 4.69) is 39.2 Å². The lowest BCUT2D eigenvalue weighted by Crippen LogP contribution is -2.73. The summed E-state index contributed by atoms with van der Waals surface area (Å²) in [6.07, 6.45) is 1.35. The van der Waals surface area contributed by atoms with Crippen molar-refractivity contribution in [3.05, 3.63) is 35.9 Å². The van der Waals surface area contributed by atoms with Crippen molar-refractivity contribution in [3.63, 3.8) is 0 Å². The van der Waals surface area contributed by atoms with Gasteiger partial charge in [0, 0.05) is 12.6 Å². The zero-order chi connectivity index (χ0) is 24.7. The monoisotopic (exact) mass is 488 g/mol. The van der Waals surface area contributed by atoms with Gasteiger partial charge in [0.15, 0.2) is 8.32 Å². The fraction of sp³-hybridized carbons (Fsp3) is 0.692. The summed E-state index contributed by atoms with van der Waals surface area (Å²) in [5.74, 6) is -0.0102. The molecule has 2 aliphatic heterocycles. The molecule has 1 saturated carbocycles. The molecule has 1 amide bonds. The number of carbonyl (C=O) groups excluding carboxylic acids is 2. The third kappa shape index (κ3) is 4.29. The Labute approximate surface area is 204 Å². The maximum Gasteiger partial charge on any atom is 0.410 e. The lowest BCUT2D eigenvalue weighted by atomic mass is 9.60. The second-order valence-electron chi connectivity index (χ2n) is 11.6. The first-order chi connectivity index (χ1) is 16.0. The van der Waals surface area contributed by atoms with Gasteiger partial charge >= 0.3 is 12.1 Å². The molecular formula is C26H40N2O5Si. The van der Waals surface area contributed by atoms with Crippen LogP contribution in [0.1, 0.15) is 39.2 Å². The number of likely N-dealkylation sites (tertiary alicyclic amines) is 1. The molecule has 0 radical (unpaired) electrons. The van der Waals surface area contributed by atoms with Gasteiger partial charge in [-0.1, -0.05) is 51.1 Å². The number of methoxy groups -OCH3 is 1. The van der Waals surface area contributed by atoms with Gasteiger partial charge in [-0.3, -0.25) is 9.69 Å². The van der Waals surface area contributed by atoms with Crippen LogP contribution in [0.2, 0.25) is 18.1 Å². The molecule has 0 spiro atoms. The molecule has 4 rings (SSSR count). The first-order valence-electron chi connectivity index (χ1n) is 12.4. The van der Waals surface area contributed by atoms with E-state index in [0.717, 1.165) is 24.9 Å². The maximum absolute atomic E-state index is 13.6. The first kappa shape index (κ1) is 25.2. The highest BCUT2D eigenvalue weighted by atomic mass is 28.4. The predicted octanol–water partition coefficient (Wildman–Crippen LogP) is 4.19. The highest BCUT2D eigenvalue weighted by Crippen LogP contribution is 2.55. The zero-order valence-corrected chi connectivity index (χ0v) is 22.4. The number of nitrogens with zero attached hydrogens (tertiary/aromatic N) is 1. The summed E-state index contributed by atoms with van der Waals surface area (Å²) >= 11 is 0. The molecule has 2 saturated heterocycles. The Morgan fingerprint density at radius 2 is 1.91 bits per heavy atom. The second kappa shape index (κ2) is 9.28. The van der Waals surface area contributed by atoms with Gasteiger partial charge in [0.1, 0.15) is 6.61 Å². The minimum Gasteiger partial charge on any atom is -0.469 e. The van der Waals surface area contributed by atoms with Crippen LogP contribution in [0.4, 0.5) is 4.79 Å². The minimum atomic E-state index is -2.10. The highest BCUT2D eigenvalue weighted by molar-refractivity contribution is 6.74. The molecule has 8 heteroatoms. The van der Waals surface area contributed by atoms with E-state index in [1.165, 1.54) is 7.11 Å². The fourth-order valence-corrected chi connectivity index (χ4v) is 7.02. The van der Waals surface area contributed by atoms with Crippen molar-refractivity contribution >= 4 is 20.4 Å². The Hall–Kier alpha value is -1.90. The molecule has 188 valence electrons. The Morgan fingerprint density at radius 3 is 2.56 bits per heavy atom. The van der Waals surface area contributed by atoms with Gasteiger partial charge < -0.3 is 19.2 Å². The van der Waals surface area contributed by atoms with E-state index in [0.29, 0.717) is 13.2 Å². The van der Waals surface area contributed by atoms with Crippen molar-refractivity contribution in [1.29, 1.82) is 0 Å². The average molecular weight is 489 g/mol. The molecule has 34 heavy (non-hydrogen) atoms. The number of carbonyl (C=O) groups is 2. The van der Waals surface area contributed by atoms with Crippen LogP contribution in [-0.4, -0.2) is 63.7 Å². The fourth-order valence-electron chi connectivity index (χ4n) is 6.00. The van der Waals surface area contributed by atoms with Crippen LogP contribution in [-0.2, 0) is 25.3 Å². The number of esters is 1. The van der Waals surface area contributed by atoms with E-state index in [4.69, 9.17) is 13.9 Å². The number of hydrogen-bond acceptors (Lipinski definition) is 6. The van der Waals surface area contributed by atoms with Gasteiger partial charge in [-0.25, -0.2) is 4.79 Å². The quantitative estimate of drug-likeness (QED) is 0.478. The summed E-state index contributed by atoms with van der Waals surface area (Å²) in [5.41, 5.74) is 0.332. The largest absolute Gasteiger partial charge is 0.469 e. The first-order valence-corrected chi connectivity index (χ1v) is 15.4. The summed E-state index contributed by atoms with van der Waals surface area (Å²) in [6, 6.07) is 9.52. The van der Waals surface area contributed by atoms with E-state index in [-0.39, 0.29) is 47.5 Å². The third-order valence-corrected chi connectivity index (χ3v) is 13.3. The number of ether oxygens (including phenoxy) is 2. The SMILES string of the molecule is COC(=O)C1CC2CN(C(=O)OCc3ccccc3)C3(CO[Si](C)(C)C(C)(C)C)C2CCNC13. The molecule has 3 fully saturated rings. The average Bonchev–Trinajstić information content (AvgIpc) is 3.04. The smallest absolute Gasteiger partial charge is 0.410 e. The number of nitrogens with one attached hydrogen (secondary N) is 1. The van der Waals surface area contributed by atoms with E-state index in [9.17, 15) is 9.59 Å². The summed E-state index contributed by atoms with van der Waals surface area (Å²) in [7, 11) is -0.649. The van der Waals surface area contributed by atoms with Crippen LogP contribution >= 0.6 is 0 Å². The van der Waals surface area contributed by atoms with E-state index < -0.39 is 13.9 Å². The van der Waals surface area contributed by atoms with Gasteiger partial charge in [0.05, 0.1) is 25.2 Å². The maximum atomic E-state index is 13.6. The molecule has 3 aliphatic rings. The van der Waals surface area contributed by atoms with Crippen LogP contribution in [0.25, 0.3) is 0 Å². The van der Waals surface area contributed by atoms with Crippen molar-refractivity contribution in [2.24, 2.45) is 17.8 Å². The van der Waals surface area contributed by atoms with Crippen LogP contribution < -0.4 is 5.32 Å². The predicted molar refractivity (Wildman–Crippen MR) is 133 cm³/mol. The highest BCUT2D eigenvalue weighted by Gasteiger charge is 2.67. The Morgan fingerprint density at radius 1 is 1.21 bits per heavy atom. The molecule has 0 aromatic heterocycles. The lowest BCUT2D eigenvalue weighted by Gasteiger charge is -2.56. The van der Waals surface area contributed by atoms with Gasteiger partial charge in [0.2, 0.25) is 0 Å². The number of benzene rings is 1. The molecule has 5 atom stereocenters. The van der Waals surface area contributed by atoms with Gasteiger partial charge in [-0.15, -0.1) is 0 Å². The number of hydrogen-bond donors (Lipinski definition) is 1. The summed E-state index contributed by atoms with van der Waals surface area (Å²) in [4.78, 5) is 28.3. The zero-order valence-electron chi connectivity index (χ0n) is 21.4. The van der Waals surface area contributed by atoms with E-state index in [1.54, 1.807) is 0 Å². The lowest BCUT2D eigenvalue weighted by molar-refractivity contribution is -0.153. The molecule has 1 aromatic rings. The van der Waals surface area contributed by atoms with E-state index in [1.807, 2.05) is 35.2 Å². The molecule has 5 unspecified atom stereocenters. The molecule has 4 bridgehead atoms. The number of amides is 1. The summed E-state index contributed by atoms with van der Waals surface area (Å²) in [5, 5.41) is 3.64. The van der Waals surface area contributed by atoms with Crippen molar-refractivity contribution in [2.75, 3.05) is 26.8 Å². The van der Waals surface area contributed by atoms with Gasteiger partial charge in [-0.05, 0) is 54.9 Å². The molecule has 1 aliphatic carbocycles. The summed E-state index contributed by atoms with van der Waals surface area (Å²) in [6.45, 7) is 13.2. The van der Waals surface area contributed by atoms with Crippen LogP contribution in [0.15, 0.2) is 30.3 Å². The van der Waals surface area contributed by atoms with Gasteiger partial charge in [-0.2, -0.15) is 0 Å². The number of rotatable bonds is 6. The second-order valence-corrected chi connectivity index (χ2v) is 16.5. The minimum absolute atomic E-state index is 0.0409. The topological polar surface area (TPSA) is 77.1 Å². The van der Waals surface area contributed by atoms with Crippen LogP contribution in [0.5, 0.6) is 0 Å². The number of piperidine rings is 1. The van der Waals surface area contributed by atoms with Crippen molar-refractivity contribution in [1.82, 2.24) is 10.2 Å². The Bertz CT molecular complexity index is 902. The van der Waals surface area contributed by atoms with Crippen molar-refractivity contribution < 1.29 is 23.5 Å². The van der Waals surface area contributed by atoms with Gasteiger partial charge in [0.25, 0.3) is 0 Å². The molecule has 2 heterocycles. The molecule has 1 N–H and O–H groups in total. The normalized spacial score (nSPS) is 30.7. The van der Waals surface area contributed by atoms with Crippen molar-refractivity contribution in [2.45, 2.75) is 69.9 Å².